The van der Waals surface area contributed by atoms with Crippen molar-refractivity contribution in [3.63, 3.8) is 0 Å². The average molecular weight is 552 g/mol. The number of carbonyl (C=O) groups is 4. The fourth-order valence-corrected chi connectivity index (χ4v) is 3.62. The van der Waals surface area contributed by atoms with Crippen LogP contribution in [0.5, 0.6) is 23.0 Å². The van der Waals surface area contributed by atoms with E-state index >= 15 is 0 Å². The van der Waals surface area contributed by atoms with E-state index in [-0.39, 0.29) is 0 Å². The third-order valence-electron chi connectivity index (χ3n) is 5.46. The number of fused-ring (bicyclic) bond motifs is 4. The molecule has 0 fully saturated rings. The number of hydrogen-bond donors (Lipinski definition) is 0. The Bertz CT molecular complexity index is 1480. The zero-order chi connectivity index (χ0) is 28.6. The third kappa shape index (κ3) is 5.23. The fourth-order valence-electron chi connectivity index (χ4n) is 3.62. The summed E-state index contributed by atoms with van der Waals surface area (Å²) in [6, 6.07) is 9.61. The maximum Gasteiger partial charge on any atom is 0.347 e. The predicted molar refractivity (Wildman–Crippen MR) is 125 cm³/mol. The van der Waals surface area contributed by atoms with Gasteiger partial charge in [-0.1, -0.05) is 0 Å². The molecule has 40 heavy (non-hydrogen) atoms. The molecule has 0 aromatic heterocycles. The van der Waals surface area contributed by atoms with Gasteiger partial charge in [0.15, 0.2) is 0 Å². The van der Waals surface area contributed by atoms with Crippen LogP contribution in [0.25, 0.3) is 0 Å². The second-order valence-corrected chi connectivity index (χ2v) is 8.12. The lowest BCUT2D eigenvalue weighted by atomic mass is 10.1. The molecule has 0 amide bonds. The lowest BCUT2D eigenvalue weighted by molar-refractivity contribution is 0.0686. The molecule has 0 unspecified atom stereocenters. The number of hydrogen-bond acceptors (Lipinski definition) is 8. The summed E-state index contributed by atoms with van der Waals surface area (Å²) in [5, 5.41) is 0. The van der Waals surface area contributed by atoms with Gasteiger partial charge in [0.05, 0.1) is 0 Å². The molecular formula is C28H12F4O8. The van der Waals surface area contributed by atoms with Gasteiger partial charge in [-0.25, -0.2) is 36.7 Å². The minimum atomic E-state index is -1.33. The Labute approximate surface area is 221 Å². The molecule has 8 nitrogen and oxygen atoms in total. The standard InChI is InChI=1S/C28H12F4O8/c29-13-1-5-21-17(9-13)25(33)38-23-7-3-15(31)11-19(23)27(35)40-24-8-4-16(32)12-20(24)28(36)39-22-6-2-14(30)10-18(22)26(34)37-21/h1-12H. The molecule has 0 spiro atoms. The average Bonchev–Trinajstić information content (AvgIpc) is 2.91. The van der Waals surface area contributed by atoms with Crippen molar-refractivity contribution >= 4 is 23.9 Å². The monoisotopic (exact) mass is 552 g/mol. The number of halogens is 4. The maximum absolute atomic E-state index is 14.1. The number of esters is 4. The smallest absolute Gasteiger partial charge is 0.347 e. The number of rotatable bonds is 0. The van der Waals surface area contributed by atoms with Crippen LogP contribution in [0.3, 0.4) is 0 Å². The van der Waals surface area contributed by atoms with Crippen molar-refractivity contribution in [1.82, 2.24) is 0 Å². The van der Waals surface area contributed by atoms with Gasteiger partial charge in [-0.2, -0.15) is 0 Å². The van der Waals surface area contributed by atoms with Crippen molar-refractivity contribution in [2.45, 2.75) is 0 Å². The van der Waals surface area contributed by atoms with Gasteiger partial charge in [0.1, 0.15) is 68.5 Å². The highest BCUT2D eigenvalue weighted by atomic mass is 19.1. The van der Waals surface area contributed by atoms with Gasteiger partial charge in [-0.3, -0.25) is 0 Å². The van der Waals surface area contributed by atoms with Crippen LogP contribution in [0.1, 0.15) is 41.4 Å². The first-order chi connectivity index (χ1) is 19.1. The molecule has 0 atom stereocenters. The highest BCUT2D eigenvalue weighted by Gasteiger charge is 2.28. The summed E-state index contributed by atoms with van der Waals surface area (Å²) >= 11 is 0. The third-order valence-corrected chi connectivity index (χ3v) is 5.46. The molecule has 1 aliphatic rings. The van der Waals surface area contributed by atoms with Crippen LogP contribution in [-0.2, 0) is 0 Å². The zero-order valence-corrected chi connectivity index (χ0v) is 19.7. The largest absolute Gasteiger partial charge is 0.422 e. The summed E-state index contributed by atoms with van der Waals surface area (Å²) in [4.78, 5) is 52.0. The first-order valence-electron chi connectivity index (χ1n) is 11.2. The van der Waals surface area contributed by atoms with Gasteiger partial charge < -0.3 is 18.9 Å². The predicted octanol–water partition coefficient (Wildman–Crippen LogP) is 5.43. The molecule has 0 saturated heterocycles. The summed E-state index contributed by atoms with van der Waals surface area (Å²) < 4.78 is 76.9. The number of benzene rings is 4. The Morgan fingerprint density at radius 1 is 0.350 bits per heavy atom. The van der Waals surface area contributed by atoms with Crippen molar-refractivity contribution in [2.24, 2.45) is 0 Å². The minimum Gasteiger partial charge on any atom is -0.422 e. The van der Waals surface area contributed by atoms with E-state index < -0.39 is 92.4 Å². The van der Waals surface area contributed by atoms with Crippen molar-refractivity contribution in [3.05, 3.63) is 118 Å². The quantitative estimate of drug-likeness (QED) is 0.162. The van der Waals surface area contributed by atoms with Crippen LogP contribution in [0.15, 0.2) is 72.8 Å². The van der Waals surface area contributed by atoms with Gasteiger partial charge in [0.2, 0.25) is 0 Å². The molecule has 0 radical (unpaired) electrons. The Morgan fingerprint density at radius 2 is 0.550 bits per heavy atom. The van der Waals surface area contributed by atoms with Gasteiger partial charge in [0.25, 0.3) is 0 Å². The molecule has 0 N–H and O–H groups in total. The Hall–Kier alpha value is -5.52. The van der Waals surface area contributed by atoms with E-state index in [9.17, 15) is 36.7 Å². The molecule has 200 valence electrons. The highest BCUT2D eigenvalue weighted by molar-refractivity contribution is 6.02. The van der Waals surface area contributed by atoms with E-state index in [1.807, 2.05) is 0 Å². The maximum atomic E-state index is 14.1. The summed E-state index contributed by atoms with van der Waals surface area (Å²) in [5.41, 5.74) is -2.56. The van der Waals surface area contributed by atoms with Gasteiger partial charge >= 0.3 is 23.9 Å². The summed E-state index contributed by atoms with van der Waals surface area (Å²) in [6.07, 6.45) is 0. The van der Waals surface area contributed by atoms with E-state index in [2.05, 4.69) is 0 Å². The molecule has 0 saturated carbocycles. The zero-order valence-electron chi connectivity index (χ0n) is 19.7. The molecule has 0 bridgehead atoms. The van der Waals surface area contributed by atoms with Gasteiger partial charge in [-0.05, 0) is 72.8 Å². The Morgan fingerprint density at radius 3 is 0.750 bits per heavy atom. The van der Waals surface area contributed by atoms with Crippen LogP contribution in [0.4, 0.5) is 17.6 Å². The Kier molecular flexibility index (Phi) is 6.74. The molecule has 4 aromatic rings. The van der Waals surface area contributed by atoms with Crippen LogP contribution in [0, 0.1) is 23.3 Å². The van der Waals surface area contributed by atoms with Crippen molar-refractivity contribution in [2.75, 3.05) is 0 Å². The highest BCUT2D eigenvalue weighted by Crippen LogP contribution is 2.31. The second kappa shape index (κ2) is 10.3. The fraction of sp³-hybridized carbons (Fsp3) is 0. The molecule has 5 rings (SSSR count). The molecule has 12 heteroatoms. The van der Waals surface area contributed by atoms with E-state index in [1.54, 1.807) is 0 Å². The molecule has 4 aromatic carbocycles. The van der Waals surface area contributed by atoms with Crippen molar-refractivity contribution in [1.29, 1.82) is 0 Å². The number of ether oxygens (including phenoxy) is 4. The normalized spacial score (nSPS) is 13.5. The van der Waals surface area contributed by atoms with Crippen molar-refractivity contribution in [3.8, 4) is 23.0 Å². The van der Waals surface area contributed by atoms with Crippen LogP contribution in [0.2, 0.25) is 0 Å². The molecular weight excluding hydrogens is 540 g/mol. The summed E-state index contributed by atoms with van der Waals surface area (Å²) in [6.45, 7) is 0. The van der Waals surface area contributed by atoms with E-state index in [0.29, 0.717) is 24.3 Å². The molecule has 1 heterocycles. The first kappa shape index (κ1) is 26.1. The van der Waals surface area contributed by atoms with E-state index in [0.717, 1.165) is 48.5 Å². The van der Waals surface area contributed by atoms with Crippen LogP contribution >= 0.6 is 0 Å². The van der Waals surface area contributed by atoms with Crippen molar-refractivity contribution < 1.29 is 55.7 Å². The topological polar surface area (TPSA) is 105 Å². The number of carbonyl (C=O) groups excluding carboxylic acids is 4. The second-order valence-electron chi connectivity index (χ2n) is 8.12. The van der Waals surface area contributed by atoms with E-state index in [1.165, 1.54) is 0 Å². The van der Waals surface area contributed by atoms with Crippen LogP contribution < -0.4 is 18.9 Å². The van der Waals surface area contributed by atoms with Crippen LogP contribution in [-0.4, -0.2) is 23.9 Å². The lowest BCUT2D eigenvalue weighted by Gasteiger charge is -2.16. The SMILES string of the molecule is O=C1Oc2ccc(F)cc2C(=O)Oc2ccc(F)cc2C(=O)Oc2ccc(F)cc2C(=O)Oc2ccc(F)cc21. The van der Waals surface area contributed by atoms with Gasteiger partial charge in [0, 0.05) is 0 Å². The van der Waals surface area contributed by atoms with Gasteiger partial charge in [-0.15, -0.1) is 0 Å². The first-order valence-corrected chi connectivity index (χ1v) is 11.2. The summed E-state index contributed by atoms with van der Waals surface area (Å²) in [5.74, 6) is -11.3. The molecule has 1 aliphatic heterocycles. The van der Waals surface area contributed by atoms with E-state index in [4.69, 9.17) is 18.9 Å². The lowest BCUT2D eigenvalue weighted by Crippen LogP contribution is -2.20. The molecule has 0 aliphatic carbocycles. The Balaban J connectivity index is 1.70. The summed E-state index contributed by atoms with van der Waals surface area (Å²) in [7, 11) is 0. The minimum absolute atomic E-state index is 0.552.